The Morgan fingerprint density at radius 1 is 1.23 bits per heavy atom. The number of likely N-dealkylation sites (tertiary alicyclic amines) is 1. The van der Waals surface area contributed by atoms with Crippen LogP contribution in [-0.4, -0.2) is 35.6 Å². The van der Waals surface area contributed by atoms with Gasteiger partial charge in [0.05, 0.1) is 6.67 Å². The van der Waals surface area contributed by atoms with E-state index in [1.54, 1.807) is 4.90 Å². The third-order valence-electron chi connectivity index (χ3n) is 4.73. The molecule has 1 aromatic carbocycles. The van der Waals surface area contributed by atoms with Crippen LogP contribution < -0.4 is 5.32 Å². The van der Waals surface area contributed by atoms with Crippen molar-refractivity contribution in [1.29, 1.82) is 0 Å². The van der Waals surface area contributed by atoms with Crippen molar-refractivity contribution in [3.63, 3.8) is 0 Å². The molecule has 0 aromatic heterocycles. The van der Waals surface area contributed by atoms with E-state index in [0.29, 0.717) is 6.67 Å². The number of hydrogen-bond acceptors (Lipinski definition) is 2. The van der Waals surface area contributed by atoms with Gasteiger partial charge in [-0.25, -0.2) is 4.79 Å². The van der Waals surface area contributed by atoms with Gasteiger partial charge in [0, 0.05) is 25.5 Å². The lowest BCUT2D eigenvalue weighted by Crippen LogP contribution is -2.45. The number of nitrogens with one attached hydrogen (secondary N) is 1. The zero-order valence-electron chi connectivity index (χ0n) is 13.3. The Balaban J connectivity index is 1.42. The molecule has 4 nitrogen and oxygen atoms in total. The maximum Gasteiger partial charge on any atom is 0.325 e. The Hall–Kier alpha value is -1.97. The smallest absolute Gasteiger partial charge is 0.325 e. The molecule has 22 heavy (non-hydrogen) atoms. The molecule has 2 amide bonds. The van der Waals surface area contributed by atoms with Crippen molar-refractivity contribution in [2.24, 2.45) is 5.92 Å². The lowest BCUT2D eigenvalue weighted by Gasteiger charge is -2.34. The van der Waals surface area contributed by atoms with Gasteiger partial charge in [-0.15, -0.1) is 0 Å². The van der Waals surface area contributed by atoms with Gasteiger partial charge in [-0.3, -0.25) is 4.90 Å². The topological polar surface area (TPSA) is 35.6 Å². The standard InChI is InChI=1S/C18H25N3O/c1-15-2-4-16(5-3-15)6-7-17-8-11-20(12-9-17)18(22)21-13-10-19-14-21/h2-5,10,13,17,19H,6-9,11-12,14H2,1H3. The predicted octanol–water partition coefficient (Wildman–Crippen LogP) is 3.09. The first kappa shape index (κ1) is 14.9. The molecule has 118 valence electrons. The number of aryl methyl sites for hydroxylation is 2. The fourth-order valence-corrected chi connectivity index (χ4v) is 3.20. The van der Waals surface area contributed by atoms with Crippen LogP contribution in [0.2, 0.25) is 0 Å². The third-order valence-corrected chi connectivity index (χ3v) is 4.73. The van der Waals surface area contributed by atoms with Gasteiger partial charge in [-0.2, -0.15) is 0 Å². The van der Waals surface area contributed by atoms with Crippen molar-refractivity contribution in [2.75, 3.05) is 19.8 Å². The number of nitrogens with zero attached hydrogens (tertiary/aromatic N) is 2. The summed E-state index contributed by atoms with van der Waals surface area (Å²) in [5.74, 6) is 0.748. The first-order valence-corrected chi connectivity index (χ1v) is 8.23. The van der Waals surface area contributed by atoms with Crippen LogP contribution in [0.1, 0.15) is 30.4 Å². The predicted molar refractivity (Wildman–Crippen MR) is 88.2 cm³/mol. The second kappa shape index (κ2) is 6.86. The largest absolute Gasteiger partial charge is 0.372 e. The first-order chi connectivity index (χ1) is 10.7. The maximum atomic E-state index is 12.3. The summed E-state index contributed by atoms with van der Waals surface area (Å²) >= 11 is 0. The first-order valence-electron chi connectivity index (χ1n) is 8.23. The Morgan fingerprint density at radius 3 is 2.59 bits per heavy atom. The number of benzene rings is 1. The van der Waals surface area contributed by atoms with Gasteiger partial charge in [0.15, 0.2) is 0 Å². The van der Waals surface area contributed by atoms with E-state index in [1.807, 2.05) is 17.3 Å². The summed E-state index contributed by atoms with van der Waals surface area (Å²) in [5, 5.41) is 3.04. The monoisotopic (exact) mass is 299 g/mol. The molecule has 0 unspecified atom stereocenters. The molecule has 4 heteroatoms. The molecule has 2 heterocycles. The quantitative estimate of drug-likeness (QED) is 0.931. The van der Waals surface area contributed by atoms with Crippen LogP contribution in [0.15, 0.2) is 36.7 Å². The number of rotatable bonds is 3. The van der Waals surface area contributed by atoms with Crippen LogP contribution in [0.5, 0.6) is 0 Å². The van der Waals surface area contributed by atoms with Gasteiger partial charge in [0.2, 0.25) is 0 Å². The average molecular weight is 299 g/mol. The Bertz CT molecular complexity index is 530. The molecule has 0 atom stereocenters. The van der Waals surface area contributed by atoms with Crippen molar-refractivity contribution in [1.82, 2.24) is 15.1 Å². The minimum Gasteiger partial charge on any atom is -0.372 e. The van der Waals surface area contributed by atoms with E-state index in [-0.39, 0.29) is 6.03 Å². The third kappa shape index (κ3) is 3.62. The van der Waals surface area contributed by atoms with Crippen molar-refractivity contribution < 1.29 is 4.79 Å². The second-order valence-electron chi connectivity index (χ2n) is 6.39. The lowest BCUT2D eigenvalue weighted by molar-refractivity contribution is 0.145. The zero-order chi connectivity index (χ0) is 15.4. The number of piperidine rings is 1. The lowest BCUT2D eigenvalue weighted by atomic mass is 9.90. The van der Waals surface area contributed by atoms with Crippen LogP contribution >= 0.6 is 0 Å². The maximum absolute atomic E-state index is 12.3. The molecule has 1 saturated heterocycles. The van der Waals surface area contributed by atoms with Crippen molar-refractivity contribution in [2.45, 2.75) is 32.6 Å². The molecule has 1 aromatic rings. The zero-order valence-corrected chi connectivity index (χ0v) is 13.3. The van der Waals surface area contributed by atoms with E-state index in [1.165, 1.54) is 17.5 Å². The molecule has 0 spiro atoms. The molecule has 2 aliphatic heterocycles. The van der Waals surface area contributed by atoms with Gasteiger partial charge in [-0.1, -0.05) is 29.8 Å². The van der Waals surface area contributed by atoms with Crippen LogP contribution in [-0.2, 0) is 6.42 Å². The molecule has 0 radical (unpaired) electrons. The highest BCUT2D eigenvalue weighted by atomic mass is 16.2. The van der Waals surface area contributed by atoms with Crippen molar-refractivity contribution in [3.05, 3.63) is 47.8 Å². The number of carbonyl (C=O) groups is 1. The van der Waals surface area contributed by atoms with E-state index >= 15 is 0 Å². The number of urea groups is 1. The van der Waals surface area contributed by atoms with E-state index in [9.17, 15) is 4.79 Å². The summed E-state index contributed by atoms with van der Waals surface area (Å²) in [5.41, 5.74) is 2.75. The number of hydrogen-bond donors (Lipinski definition) is 1. The van der Waals surface area contributed by atoms with E-state index in [2.05, 4.69) is 36.5 Å². The fraction of sp³-hybridized carbons (Fsp3) is 0.500. The summed E-state index contributed by atoms with van der Waals surface area (Å²) in [4.78, 5) is 16.0. The highest BCUT2D eigenvalue weighted by Gasteiger charge is 2.26. The van der Waals surface area contributed by atoms with E-state index in [0.717, 1.165) is 38.3 Å². The summed E-state index contributed by atoms with van der Waals surface area (Å²) in [7, 11) is 0. The van der Waals surface area contributed by atoms with Crippen LogP contribution in [0.4, 0.5) is 4.79 Å². The van der Waals surface area contributed by atoms with Gasteiger partial charge in [-0.05, 0) is 44.1 Å². The Labute approximate surface area is 132 Å². The van der Waals surface area contributed by atoms with Crippen LogP contribution in [0, 0.1) is 12.8 Å². The Morgan fingerprint density at radius 2 is 1.95 bits per heavy atom. The normalized spacial score (nSPS) is 18.6. The molecule has 1 N–H and O–H groups in total. The van der Waals surface area contributed by atoms with Gasteiger partial charge >= 0.3 is 6.03 Å². The summed E-state index contributed by atoms with van der Waals surface area (Å²) in [6, 6.07) is 8.99. The minimum absolute atomic E-state index is 0.137. The van der Waals surface area contributed by atoms with E-state index < -0.39 is 0 Å². The molecule has 3 rings (SSSR count). The summed E-state index contributed by atoms with van der Waals surface area (Å²) in [6.07, 6.45) is 8.29. The molecule has 0 bridgehead atoms. The summed E-state index contributed by atoms with van der Waals surface area (Å²) in [6.45, 7) is 4.51. The fourth-order valence-electron chi connectivity index (χ4n) is 3.20. The van der Waals surface area contributed by atoms with Crippen LogP contribution in [0.25, 0.3) is 0 Å². The molecular formula is C18H25N3O. The Kier molecular flexibility index (Phi) is 4.66. The van der Waals surface area contributed by atoms with Gasteiger partial charge in [0.25, 0.3) is 0 Å². The molecule has 0 aliphatic carbocycles. The average Bonchev–Trinajstić information content (AvgIpc) is 3.09. The highest BCUT2D eigenvalue weighted by Crippen LogP contribution is 2.23. The number of amides is 2. The van der Waals surface area contributed by atoms with Gasteiger partial charge in [0.1, 0.15) is 0 Å². The molecule has 1 fully saturated rings. The van der Waals surface area contributed by atoms with Gasteiger partial charge < -0.3 is 10.2 Å². The van der Waals surface area contributed by atoms with Crippen molar-refractivity contribution >= 4 is 6.03 Å². The highest BCUT2D eigenvalue weighted by molar-refractivity contribution is 5.75. The molecule has 0 saturated carbocycles. The van der Waals surface area contributed by atoms with Crippen molar-refractivity contribution in [3.8, 4) is 0 Å². The number of carbonyl (C=O) groups excluding carboxylic acids is 1. The second-order valence-corrected chi connectivity index (χ2v) is 6.39. The van der Waals surface area contributed by atoms with Crippen LogP contribution in [0.3, 0.4) is 0 Å². The van der Waals surface area contributed by atoms with E-state index in [4.69, 9.17) is 0 Å². The SMILES string of the molecule is Cc1ccc(CCC2CCN(C(=O)N3C=CNC3)CC2)cc1. The summed E-state index contributed by atoms with van der Waals surface area (Å²) < 4.78 is 0. The minimum atomic E-state index is 0.137. The molecular weight excluding hydrogens is 274 g/mol. The molecule has 2 aliphatic rings.